The SMILES string of the molecule is CCC(NC(C)C1CC2CCC1C2)C(=O)c1ccc(OC)c(N)c1. The molecule has 132 valence electrons. The summed E-state index contributed by atoms with van der Waals surface area (Å²) < 4.78 is 5.17. The van der Waals surface area contributed by atoms with Crippen LogP contribution in [0.2, 0.25) is 0 Å². The zero-order chi connectivity index (χ0) is 17.3. The Morgan fingerprint density at radius 1 is 1.38 bits per heavy atom. The van der Waals surface area contributed by atoms with Gasteiger partial charge in [0, 0.05) is 11.6 Å². The lowest BCUT2D eigenvalue weighted by atomic mass is 9.83. The van der Waals surface area contributed by atoms with Gasteiger partial charge in [0.05, 0.1) is 18.8 Å². The molecule has 0 heterocycles. The molecule has 5 atom stereocenters. The minimum atomic E-state index is -0.146. The van der Waals surface area contributed by atoms with E-state index >= 15 is 0 Å². The molecule has 4 nitrogen and oxygen atoms in total. The number of rotatable bonds is 7. The minimum Gasteiger partial charge on any atom is -0.495 e. The summed E-state index contributed by atoms with van der Waals surface area (Å²) in [7, 11) is 1.58. The van der Waals surface area contributed by atoms with Crippen LogP contribution < -0.4 is 15.8 Å². The van der Waals surface area contributed by atoms with Crippen molar-refractivity contribution < 1.29 is 9.53 Å². The lowest BCUT2D eigenvalue weighted by Gasteiger charge is -2.31. The van der Waals surface area contributed by atoms with Gasteiger partial charge in [0.25, 0.3) is 0 Å². The van der Waals surface area contributed by atoms with Gasteiger partial charge in [-0.2, -0.15) is 0 Å². The molecule has 0 saturated heterocycles. The normalized spacial score (nSPS) is 27.9. The summed E-state index contributed by atoms with van der Waals surface area (Å²) in [6.45, 7) is 4.32. The Morgan fingerprint density at radius 2 is 2.17 bits per heavy atom. The lowest BCUT2D eigenvalue weighted by molar-refractivity contribution is 0.0922. The molecule has 0 aliphatic heterocycles. The third kappa shape index (κ3) is 3.30. The van der Waals surface area contributed by atoms with Crippen LogP contribution in [0.15, 0.2) is 18.2 Å². The van der Waals surface area contributed by atoms with Crippen LogP contribution in [-0.2, 0) is 0 Å². The highest BCUT2D eigenvalue weighted by atomic mass is 16.5. The van der Waals surface area contributed by atoms with Crippen molar-refractivity contribution in [1.29, 1.82) is 0 Å². The maximum Gasteiger partial charge on any atom is 0.179 e. The number of ketones is 1. The molecule has 3 N–H and O–H groups in total. The number of hydrogen-bond donors (Lipinski definition) is 2. The fourth-order valence-corrected chi connectivity index (χ4v) is 4.81. The monoisotopic (exact) mass is 330 g/mol. The number of nitrogens with two attached hydrogens (primary N) is 1. The summed E-state index contributed by atoms with van der Waals surface area (Å²) in [5, 5.41) is 3.62. The highest BCUT2D eigenvalue weighted by Gasteiger charge is 2.42. The Kier molecular flexibility index (Phi) is 5.14. The van der Waals surface area contributed by atoms with Crippen molar-refractivity contribution in [3.8, 4) is 5.75 Å². The summed E-state index contributed by atoms with van der Waals surface area (Å²) >= 11 is 0. The first-order valence-corrected chi connectivity index (χ1v) is 9.27. The Balaban J connectivity index is 1.67. The molecule has 2 fully saturated rings. The second kappa shape index (κ2) is 7.14. The average molecular weight is 330 g/mol. The Labute approximate surface area is 145 Å². The number of ether oxygens (including phenoxy) is 1. The van der Waals surface area contributed by atoms with Crippen molar-refractivity contribution in [3.05, 3.63) is 23.8 Å². The van der Waals surface area contributed by atoms with Crippen LogP contribution in [0.25, 0.3) is 0 Å². The van der Waals surface area contributed by atoms with Gasteiger partial charge >= 0.3 is 0 Å². The number of carbonyl (C=O) groups excluding carboxylic acids is 1. The second-order valence-electron chi connectivity index (χ2n) is 7.58. The van der Waals surface area contributed by atoms with Gasteiger partial charge in [-0.05, 0) is 68.6 Å². The predicted molar refractivity (Wildman–Crippen MR) is 97.4 cm³/mol. The van der Waals surface area contributed by atoms with E-state index in [4.69, 9.17) is 10.5 Å². The first-order valence-electron chi connectivity index (χ1n) is 9.27. The van der Waals surface area contributed by atoms with Gasteiger partial charge in [-0.15, -0.1) is 0 Å². The zero-order valence-corrected chi connectivity index (χ0v) is 15.0. The van der Waals surface area contributed by atoms with Crippen LogP contribution in [0.4, 0.5) is 5.69 Å². The zero-order valence-electron chi connectivity index (χ0n) is 15.0. The van der Waals surface area contributed by atoms with Gasteiger partial charge < -0.3 is 15.8 Å². The summed E-state index contributed by atoms with van der Waals surface area (Å²) in [5.74, 6) is 3.26. The first kappa shape index (κ1) is 17.3. The number of hydrogen-bond acceptors (Lipinski definition) is 4. The third-order valence-electron chi connectivity index (χ3n) is 6.14. The van der Waals surface area contributed by atoms with E-state index in [0.29, 0.717) is 23.0 Å². The molecule has 0 radical (unpaired) electrons. The van der Waals surface area contributed by atoms with Crippen LogP contribution in [-0.4, -0.2) is 25.0 Å². The fraction of sp³-hybridized carbons (Fsp3) is 0.650. The third-order valence-corrected chi connectivity index (χ3v) is 6.14. The number of fused-ring (bicyclic) bond motifs is 2. The molecular formula is C20H30N2O2. The Bertz CT molecular complexity index is 601. The summed E-state index contributed by atoms with van der Waals surface area (Å²) in [6, 6.07) is 5.56. The van der Waals surface area contributed by atoms with Crippen molar-refractivity contribution in [2.24, 2.45) is 17.8 Å². The number of nitrogens with one attached hydrogen (secondary N) is 1. The van der Waals surface area contributed by atoms with Crippen molar-refractivity contribution in [2.75, 3.05) is 12.8 Å². The summed E-state index contributed by atoms with van der Waals surface area (Å²) in [4.78, 5) is 12.9. The molecule has 4 heteroatoms. The number of Topliss-reactive ketones (excluding diaryl/α,β-unsaturated/α-hetero) is 1. The van der Waals surface area contributed by atoms with Crippen molar-refractivity contribution in [1.82, 2.24) is 5.32 Å². The lowest BCUT2D eigenvalue weighted by Crippen LogP contribution is -2.46. The molecule has 0 amide bonds. The van der Waals surface area contributed by atoms with E-state index in [0.717, 1.165) is 24.2 Å². The van der Waals surface area contributed by atoms with Gasteiger partial charge in [-0.25, -0.2) is 0 Å². The van der Waals surface area contributed by atoms with E-state index in [9.17, 15) is 4.79 Å². The van der Waals surface area contributed by atoms with Crippen LogP contribution in [0, 0.1) is 17.8 Å². The van der Waals surface area contributed by atoms with Gasteiger partial charge in [-0.3, -0.25) is 4.79 Å². The van der Waals surface area contributed by atoms with E-state index in [-0.39, 0.29) is 11.8 Å². The van der Waals surface area contributed by atoms with E-state index in [1.54, 1.807) is 19.2 Å². The number of benzene rings is 1. The van der Waals surface area contributed by atoms with Crippen LogP contribution in [0.5, 0.6) is 5.75 Å². The Hall–Kier alpha value is -1.55. The maximum absolute atomic E-state index is 12.9. The molecule has 5 unspecified atom stereocenters. The van der Waals surface area contributed by atoms with E-state index < -0.39 is 0 Å². The van der Waals surface area contributed by atoms with Gasteiger partial charge in [0.2, 0.25) is 0 Å². The van der Waals surface area contributed by atoms with Crippen LogP contribution >= 0.6 is 0 Å². The predicted octanol–water partition coefficient (Wildman–Crippen LogP) is 3.65. The van der Waals surface area contributed by atoms with Crippen LogP contribution in [0.1, 0.15) is 56.3 Å². The largest absolute Gasteiger partial charge is 0.495 e. The topological polar surface area (TPSA) is 64.3 Å². The number of carbonyl (C=O) groups is 1. The van der Waals surface area contributed by atoms with Gasteiger partial charge in [-0.1, -0.05) is 13.3 Å². The minimum absolute atomic E-state index is 0.127. The molecule has 1 aromatic carbocycles. The molecule has 2 saturated carbocycles. The highest BCUT2D eigenvalue weighted by Crippen LogP contribution is 2.49. The van der Waals surface area contributed by atoms with E-state index in [2.05, 4.69) is 19.2 Å². The molecule has 0 aromatic heterocycles. The standard InChI is InChI=1S/C20H30N2O2/c1-4-18(20(23)15-7-8-19(24-3)17(21)11-15)22-12(2)16-10-13-5-6-14(16)9-13/h7-8,11-14,16,18,22H,4-6,9-10,21H2,1-3H3. The quantitative estimate of drug-likeness (QED) is 0.591. The smallest absolute Gasteiger partial charge is 0.179 e. The first-order chi connectivity index (χ1) is 11.5. The molecule has 3 rings (SSSR count). The molecular weight excluding hydrogens is 300 g/mol. The second-order valence-corrected chi connectivity index (χ2v) is 7.58. The average Bonchev–Trinajstić information content (AvgIpc) is 3.22. The molecule has 1 aromatic rings. The molecule has 2 aliphatic carbocycles. The Morgan fingerprint density at radius 3 is 2.71 bits per heavy atom. The highest BCUT2D eigenvalue weighted by molar-refractivity contribution is 6.01. The molecule has 24 heavy (non-hydrogen) atoms. The number of methoxy groups -OCH3 is 1. The summed E-state index contributed by atoms with van der Waals surface area (Å²) in [5.41, 5.74) is 7.13. The molecule has 0 spiro atoms. The van der Waals surface area contributed by atoms with Crippen molar-refractivity contribution in [3.63, 3.8) is 0 Å². The molecule has 2 bridgehead atoms. The van der Waals surface area contributed by atoms with Crippen molar-refractivity contribution >= 4 is 11.5 Å². The van der Waals surface area contributed by atoms with Gasteiger partial charge in [0.15, 0.2) is 5.78 Å². The van der Waals surface area contributed by atoms with Crippen LogP contribution in [0.3, 0.4) is 0 Å². The fourth-order valence-electron chi connectivity index (χ4n) is 4.81. The number of anilines is 1. The molecule has 2 aliphatic rings. The van der Waals surface area contributed by atoms with Crippen molar-refractivity contribution in [2.45, 2.75) is 58.0 Å². The van der Waals surface area contributed by atoms with Gasteiger partial charge in [0.1, 0.15) is 5.75 Å². The summed E-state index contributed by atoms with van der Waals surface area (Å²) in [6.07, 6.45) is 6.31. The van der Waals surface area contributed by atoms with E-state index in [1.807, 2.05) is 6.07 Å². The number of nitrogen functional groups attached to an aromatic ring is 1. The maximum atomic E-state index is 12.9. The van der Waals surface area contributed by atoms with E-state index in [1.165, 1.54) is 25.7 Å².